The Balaban J connectivity index is 1.47. The lowest BCUT2D eigenvalue weighted by Gasteiger charge is -2.39. The Kier molecular flexibility index (Phi) is 6.99. The van der Waals surface area contributed by atoms with E-state index in [0.29, 0.717) is 45.3 Å². The Morgan fingerprint density at radius 3 is 2.17 bits per heavy atom. The normalized spacial score (nSPS) is 29.8. The third-order valence-corrected chi connectivity index (χ3v) is 8.53. The predicted octanol–water partition coefficient (Wildman–Crippen LogP) is 2.63. The number of halogens is 3. The summed E-state index contributed by atoms with van der Waals surface area (Å²) in [6.07, 6.45) is -1.99. The highest BCUT2D eigenvalue weighted by Crippen LogP contribution is 2.39. The van der Waals surface area contributed by atoms with Crippen molar-refractivity contribution in [1.82, 2.24) is 14.5 Å². The fraction of sp³-hybridized carbons (Fsp3) is 0.944. The average Bonchev–Trinajstić information content (AvgIpc) is 2.87. The number of hydrogen-bond acceptors (Lipinski definition) is 4. The summed E-state index contributed by atoms with van der Waals surface area (Å²) >= 11 is 0. The van der Waals surface area contributed by atoms with Gasteiger partial charge in [-0.05, 0) is 70.5 Å². The molecule has 3 rings (SSSR count). The second-order valence-electron chi connectivity index (χ2n) is 8.62. The van der Waals surface area contributed by atoms with Crippen molar-refractivity contribution in [2.45, 2.75) is 75.7 Å². The van der Waals surface area contributed by atoms with Crippen LogP contribution in [0.25, 0.3) is 0 Å². The molecule has 0 spiro atoms. The van der Waals surface area contributed by atoms with Gasteiger partial charge in [0.2, 0.25) is 10.0 Å². The zero-order valence-corrected chi connectivity index (χ0v) is 17.2. The van der Waals surface area contributed by atoms with Gasteiger partial charge in [-0.2, -0.15) is 17.5 Å². The second kappa shape index (κ2) is 8.97. The molecule has 2 N–H and O–H groups in total. The molecule has 0 radical (unpaired) electrons. The third kappa shape index (κ3) is 6.21. The van der Waals surface area contributed by atoms with Crippen molar-refractivity contribution in [3.05, 3.63) is 0 Å². The zero-order chi connectivity index (χ0) is 21.2. The van der Waals surface area contributed by atoms with Crippen LogP contribution in [0.15, 0.2) is 0 Å². The van der Waals surface area contributed by atoms with Crippen molar-refractivity contribution >= 4 is 16.1 Å². The minimum absolute atomic E-state index is 0.0214. The first-order chi connectivity index (χ1) is 13.5. The Labute approximate surface area is 169 Å². The first-order valence-corrected chi connectivity index (χ1v) is 11.9. The third-order valence-electron chi connectivity index (χ3n) is 6.40. The van der Waals surface area contributed by atoms with Crippen LogP contribution in [0.1, 0.15) is 51.4 Å². The number of nitrogens with zero attached hydrogens (tertiary/aromatic N) is 2. The highest BCUT2D eigenvalue weighted by atomic mass is 32.2. The van der Waals surface area contributed by atoms with Gasteiger partial charge in [0.1, 0.15) is 0 Å². The van der Waals surface area contributed by atoms with Crippen molar-refractivity contribution in [2.75, 3.05) is 25.4 Å². The Hall–Kier alpha value is -1.07. The van der Waals surface area contributed by atoms with Gasteiger partial charge in [-0.3, -0.25) is 0 Å². The molecule has 3 saturated heterocycles. The van der Waals surface area contributed by atoms with Gasteiger partial charge >= 0.3 is 12.3 Å². The van der Waals surface area contributed by atoms with E-state index in [1.54, 1.807) is 4.31 Å². The van der Waals surface area contributed by atoms with Crippen LogP contribution in [0.5, 0.6) is 0 Å². The highest BCUT2D eigenvalue weighted by Gasteiger charge is 2.47. The largest absolute Gasteiger partial charge is 0.465 e. The average molecular weight is 442 g/mol. The molecule has 0 aromatic carbocycles. The number of hydrogen-bond donors (Lipinski definition) is 2. The minimum atomic E-state index is -4.13. The topological polar surface area (TPSA) is 90.0 Å². The Bertz CT molecular complexity index is 666. The van der Waals surface area contributed by atoms with Gasteiger partial charge in [-0.1, -0.05) is 0 Å². The SMILES string of the molecule is O=C(O)N[C@H]1C[C@H]2CC[C@@H](C1)N2S(=O)(=O)CC1CCN(CCCC(F)(F)F)CC1. The Morgan fingerprint density at radius 1 is 1.07 bits per heavy atom. The van der Waals surface area contributed by atoms with E-state index in [0.717, 1.165) is 12.8 Å². The van der Waals surface area contributed by atoms with Crippen LogP contribution in [0.3, 0.4) is 0 Å². The van der Waals surface area contributed by atoms with Crippen molar-refractivity contribution in [2.24, 2.45) is 5.92 Å². The van der Waals surface area contributed by atoms with Crippen molar-refractivity contribution < 1.29 is 31.5 Å². The summed E-state index contributed by atoms with van der Waals surface area (Å²) in [5, 5.41) is 11.4. The number of nitrogens with one attached hydrogen (secondary N) is 1. The molecule has 7 nitrogen and oxygen atoms in total. The molecule has 3 atom stereocenters. The van der Waals surface area contributed by atoms with Crippen LogP contribution in [0.4, 0.5) is 18.0 Å². The van der Waals surface area contributed by atoms with E-state index < -0.39 is 28.7 Å². The molecular formula is C18H30F3N3O4S. The summed E-state index contributed by atoms with van der Waals surface area (Å²) in [5.74, 6) is 0.0982. The number of likely N-dealkylation sites (tertiary alicyclic amines) is 1. The summed E-state index contributed by atoms with van der Waals surface area (Å²) in [4.78, 5) is 12.9. The molecule has 1 amide bonds. The van der Waals surface area contributed by atoms with Crippen molar-refractivity contribution in [3.63, 3.8) is 0 Å². The standard InChI is InChI=1S/C18H30F3N3O4S/c19-18(20,21)6-1-7-23-8-4-13(5-9-23)12-29(27,28)24-15-2-3-16(24)11-14(10-15)22-17(25)26/h13-16,22H,1-12H2,(H,25,26)/t14-,15+,16-. The minimum Gasteiger partial charge on any atom is -0.465 e. The number of sulfonamides is 1. The molecule has 0 saturated carbocycles. The molecule has 11 heteroatoms. The van der Waals surface area contributed by atoms with Gasteiger partial charge in [-0.25, -0.2) is 13.2 Å². The summed E-state index contributed by atoms with van der Waals surface area (Å²) < 4.78 is 64.5. The molecule has 3 aliphatic heterocycles. The zero-order valence-electron chi connectivity index (χ0n) is 16.4. The highest BCUT2D eigenvalue weighted by molar-refractivity contribution is 7.89. The Morgan fingerprint density at radius 2 is 1.66 bits per heavy atom. The van der Waals surface area contributed by atoms with Crippen LogP contribution in [0.2, 0.25) is 0 Å². The summed E-state index contributed by atoms with van der Waals surface area (Å²) in [6.45, 7) is 1.66. The number of piperidine rings is 2. The molecule has 0 aliphatic carbocycles. The van der Waals surface area contributed by atoms with E-state index in [-0.39, 0.29) is 36.2 Å². The molecule has 3 fully saturated rings. The molecule has 2 bridgehead atoms. The smallest absolute Gasteiger partial charge is 0.404 e. The molecule has 0 aromatic rings. The first-order valence-electron chi connectivity index (χ1n) is 10.3. The molecule has 3 heterocycles. The van der Waals surface area contributed by atoms with E-state index >= 15 is 0 Å². The first kappa shape index (κ1) is 22.6. The van der Waals surface area contributed by atoms with Gasteiger partial charge in [0.25, 0.3) is 0 Å². The van der Waals surface area contributed by atoms with E-state index in [4.69, 9.17) is 5.11 Å². The van der Waals surface area contributed by atoms with E-state index in [2.05, 4.69) is 5.32 Å². The maximum Gasteiger partial charge on any atom is 0.404 e. The van der Waals surface area contributed by atoms with Gasteiger partial charge < -0.3 is 15.3 Å². The predicted molar refractivity (Wildman–Crippen MR) is 101 cm³/mol. The molecule has 3 aliphatic rings. The monoisotopic (exact) mass is 441 g/mol. The van der Waals surface area contributed by atoms with Crippen molar-refractivity contribution in [3.8, 4) is 0 Å². The maximum atomic E-state index is 13.1. The fourth-order valence-corrected chi connectivity index (χ4v) is 7.54. The molecular weight excluding hydrogens is 411 g/mol. The van der Waals surface area contributed by atoms with E-state index in [1.807, 2.05) is 4.90 Å². The van der Waals surface area contributed by atoms with Gasteiger partial charge in [0.15, 0.2) is 0 Å². The number of amides is 1. The van der Waals surface area contributed by atoms with Crippen molar-refractivity contribution in [1.29, 1.82) is 0 Å². The fourth-order valence-electron chi connectivity index (χ4n) is 5.14. The van der Waals surface area contributed by atoms with Crippen LogP contribution < -0.4 is 5.32 Å². The number of fused-ring (bicyclic) bond motifs is 2. The molecule has 168 valence electrons. The number of carboxylic acid groups (broad SMARTS) is 1. The van der Waals surface area contributed by atoms with Crippen LogP contribution in [0, 0.1) is 5.92 Å². The number of rotatable bonds is 7. The van der Waals surface area contributed by atoms with E-state index in [9.17, 15) is 26.4 Å². The summed E-state index contributed by atoms with van der Waals surface area (Å²) in [6, 6.07) is -0.479. The summed E-state index contributed by atoms with van der Waals surface area (Å²) in [5.41, 5.74) is 0. The van der Waals surface area contributed by atoms with Gasteiger partial charge in [-0.15, -0.1) is 0 Å². The lowest BCUT2D eigenvalue weighted by Crippen LogP contribution is -2.53. The van der Waals surface area contributed by atoms with Gasteiger partial charge in [0.05, 0.1) is 5.75 Å². The summed E-state index contributed by atoms with van der Waals surface area (Å²) in [7, 11) is -3.43. The number of alkyl halides is 3. The second-order valence-corrected chi connectivity index (χ2v) is 10.5. The molecule has 0 unspecified atom stereocenters. The van der Waals surface area contributed by atoms with E-state index in [1.165, 1.54) is 0 Å². The van der Waals surface area contributed by atoms with Crippen LogP contribution >= 0.6 is 0 Å². The van der Waals surface area contributed by atoms with Crippen LogP contribution in [-0.2, 0) is 10.0 Å². The lowest BCUT2D eigenvalue weighted by molar-refractivity contribution is -0.136. The number of carbonyl (C=O) groups is 1. The quantitative estimate of drug-likeness (QED) is 0.634. The molecule has 29 heavy (non-hydrogen) atoms. The van der Waals surface area contributed by atoms with Gasteiger partial charge in [0, 0.05) is 24.5 Å². The van der Waals surface area contributed by atoms with Crippen LogP contribution in [-0.4, -0.2) is 78.5 Å². The lowest BCUT2D eigenvalue weighted by atomic mass is 9.99. The maximum absolute atomic E-state index is 13.1. The molecule has 0 aromatic heterocycles.